The molecular formula is C13H20N2O2S. The second-order valence-electron chi connectivity index (χ2n) is 4.77. The Bertz CT molecular complexity index is 513. The summed E-state index contributed by atoms with van der Waals surface area (Å²) in [5.41, 5.74) is 7.05. The maximum Gasteiger partial charge on any atom is 0.218 e. The molecule has 100 valence electrons. The lowest BCUT2D eigenvalue weighted by Gasteiger charge is -2.23. The highest BCUT2D eigenvalue weighted by molar-refractivity contribution is 7.88. The lowest BCUT2D eigenvalue weighted by atomic mass is 10.2. The molecule has 0 aromatic heterocycles. The molecule has 1 aromatic rings. The van der Waals surface area contributed by atoms with E-state index in [1.807, 2.05) is 19.1 Å². The Morgan fingerprint density at radius 3 is 2.78 bits per heavy atom. The zero-order chi connectivity index (χ0) is 13.2. The van der Waals surface area contributed by atoms with E-state index in [-0.39, 0.29) is 11.8 Å². The molecule has 0 saturated carbocycles. The average Bonchev–Trinajstić information content (AvgIpc) is 2.81. The predicted octanol–water partition coefficient (Wildman–Crippen LogP) is 1.97. The second kappa shape index (κ2) is 5.28. The van der Waals surface area contributed by atoms with E-state index < -0.39 is 10.0 Å². The first kappa shape index (κ1) is 13.4. The highest BCUT2D eigenvalue weighted by atomic mass is 32.2. The van der Waals surface area contributed by atoms with Gasteiger partial charge in [0, 0.05) is 18.3 Å². The summed E-state index contributed by atoms with van der Waals surface area (Å²) in [4.78, 5) is 0. The van der Waals surface area contributed by atoms with Gasteiger partial charge >= 0.3 is 0 Å². The molecule has 0 spiro atoms. The van der Waals surface area contributed by atoms with Crippen LogP contribution in [0.25, 0.3) is 0 Å². The molecule has 0 amide bonds. The van der Waals surface area contributed by atoms with Crippen LogP contribution in [0.2, 0.25) is 0 Å². The fourth-order valence-corrected chi connectivity index (χ4v) is 4.47. The van der Waals surface area contributed by atoms with Crippen molar-refractivity contribution in [1.29, 1.82) is 0 Å². The van der Waals surface area contributed by atoms with Crippen molar-refractivity contribution < 1.29 is 8.42 Å². The van der Waals surface area contributed by atoms with Gasteiger partial charge < -0.3 is 5.73 Å². The Morgan fingerprint density at radius 1 is 1.39 bits per heavy atom. The van der Waals surface area contributed by atoms with E-state index in [0.29, 0.717) is 17.8 Å². The molecule has 2 rings (SSSR count). The van der Waals surface area contributed by atoms with E-state index in [9.17, 15) is 8.42 Å². The van der Waals surface area contributed by atoms with Gasteiger partial charge in [-0.05, 0) is 30.9 Å². The van der Waals surface area contributed by atoms with Crippen LogP contribution in [-0.2, 0) is 15.8 Å². The predicted molar refractivity (Wildman–Crippen MR) is 73.5 cm³/mol. The normalized spacial score (nSPS) is 21.3. The third kappa shape index (κ3) is 2.67. The summed E-state index contributed by atoms with van der Waals surface area (Å²) in [6.45, 7) is 2.68. The Balaban J connectivity index is 2.20. The van der Waals surface area contributed by atoms with E-state index >= 15 is 0 Å². The molecule has 1 heterocycles. The van der Waals surface area contributed by atoms with Gasteiger partial charge in [0.15, 0.2) is 0 Å². The number of anilines is 1. The average molecular weight is 268 g/mol. The molecule has 2 N–H and O–H groups in total. The van der Waals surface area contributed by atoms with E-state index in [0.717, 1.165) is 19.3 Å². The highest BCUT2D eigenvalue weighted by Gasteiger charge is 2.33. The molecule has 0 radical (unpaired) electrons. The molecule has 0 bridgehead atoms. The molecular weight excluding hydrogens is 248 g/mol. The molecule has 1 saturated heterocycles. The van der Waals surface area contributed by atoms with Crippen molar-refractivity contribution in [2.75, 3.05) is 12.3 Å². The number of nitrogens with two attached hydrogens (primary N) is 1. The monoisotopic (exact) mass is 268 g/mol. The van der Waals surface area contributed by atoms with Gasteiger partial charge in [-0.15, -0.1) is 0 Å². The molecule has 1 fully saturated rings. The molecule has 1 aromatic carbocycles. The van der Waals surface area contributed by atoms with Gasteiger partial charge in [0.2, 0.25) is 10.0 Å². The van der Waals surface area contributed by atoms with Crippen molar-refractivity contribution in [3.63, 3.8) is 0 Å². The maximum atomic E-state index is 12.4. The van der Waals surface area contributed by atoms with Crippen LogP contribution in [0.5, 0.6) is 0 Å². The van der Waals surface area contributed by atoms with Gasteiger partial charge in [0.1, 0.15) is 0 Å². The van der Waals surface area contributed by atoms with Gasteiger partial charge in [-0.25, -0.2) is 8.42 Å². The summed E-state index contributed by atoms with van der Waals surface area (Å²) in [6, 6.07) is 7.33. The molecule has 1 aliphatic rings. The summed E-state index contributed by atoms with van der Waals surface area (Å²) in [5.74, 6) is 0.0101. The van der Waals surface area contributed by atoms with E-state index in [1.165, 1.54) is 0 Å². The summed E-state index contributed by atoms with van der Waals surface area (Å²) in [5, 5.41) is 0. The third-order valence-electron chi connectivity index (χ3n) is 3.54. The number of nitrogen functional groups attached to an aromatic ring is 1. The van der Waals surface area contributed by atoms with E-state index in [1.54, 1.807) is 16.4 Å². The van der Waals surface area contributed by atoms with Crippen molar-refractivity contribution >= 4 is 15.7 Å². The van der Waals surface area contributed by atoms with Crippen LogP contribution in [-0.4, -0.2) is 25.3 Å². The summed E-state index contributed by atoms with van der Waals surface area (Å²) >= 11 is 0. The quantitative estimate of drug-likeness (QED) is 0.849. The van der Waals surface area contributed by atoms with Crippen LogP contribution in [0.1, 0.15) is 31.7 Å². The zero-order valence-electron chi connectivity index (χ0n) is 10.7. The third-order valence-corrected chi connectivity index (χ3v) is 5.42. The van der Waals surface area contributed by atoms with Crippen LogP contribution < -0.4 is 5.73 Å². The standard InChI is InChI=1S/C13H20N2O2S/c1-2-12-7-5-9-15(12)18(16,17)10-11-6-3-4-8-13(11)14/h3-4,6,8,12H,2,5,7,9-10,14H2,1H3. The first-order valence-electron chi connectivity index (χ1n) is 6.37. The van der Waals surface area contributed by atoms with Crippen molar-refractivity contribution in [2.45, 2.75) is 38.0 Å². The van der Waals surface area contributed by atoms with Crippen molar-refractivity contribution in [1.82, 2.24) is 4.31 Å². The smallest absolute Gasteiger partial charge is 0.218 e. The molecule has 1 unspecified atom stereocenters. The minimum atomic E-state index is -3.24. The Kier molecular flexibility index (Phi) is 3.92. The maximum absolute atomic E-state index is 12.4. The van der Waals surface area contributed by atoms with E-state index in [2.05, 4.69) is 0 Å². The number of sulfonamides is 1. The van der Waals surface area contributed by atoms with Crippen LogP contribution in [0.3, 0.4) is 0 Å². The van der Waals surface area contributed by atoms with Gasteiger partial charge in [0.25, 0.3) is 0 Å². The lowest BCUT2D eigenvalue weighted by molar-refractivity contribution is 0.379. The van der Waals surface area contributed by atoms with Crippen LogP contribution >= 0.6 is 0 Å². The van der Waals surface area contributed by atoms with Crippen LogP contribution in [0, 0.1) is 0 Å². The fourth-order valence-electron chi connectivity index (χ4n) is 2.53. The molecule has 5 heteroatoms. The second-order valence-corrected chi connectivity index (χ2v) is 6.69. The molecule has 1 atom stereocenters. The fraction of sp³-hybridized carbons (Fsp3) is 0.538. The first-order valence-corrected chi connectivity index (χ1v) is 7.98. The molecule has 0 aliphatic carbocycles. The largest absolute Gasteiger partial charge is 0.398 e. The number of hydrogen-bond donors (Lipinski definition) is 1. The molecule has 4 nitrogen and oxygen atoms in total. The Hall–Kier alpha value is -1.07. The van der Waals surface area contributed by atoms with Crippen molar-refractivity contribution in [3.8, 4) is 0 Å². The SMILES string of the molecule is CCC1CCCN1S(=O)(=O)Cc1ccccc1N. The Morgan fingerprint density at radius 2 is 2.11 bits per heavy atom. The van der Waals surface area contributed by atoms with Crippen molar-refractivity contribution in [3.05, 3.63) is 29.8 Å². The molecule has 1 aliphatic heterocycles. The number of nitrogens with zero attached hydrogens (tertiary/aromatic N) is 1. The first-order chi connectivity index (χ1) is 8.54. The van der Waals surface area contributed by atoms with Crippen LogP contribution in [0.15, 0.2) is 24.3 Å². The van der Waals surface area contributed by atoms with E-state index in [4.69, 9.17) is 5.73 Å². The van der Waals surface area contributed by atoms with Gasteiger partial charge in [-0.2, -0.15) is 4.31 Å². The van der Waals surface area contributed by atoms with Crippen molar-refractivity contribution in [2.24, 2.45) is 0 Å². The summed E-state index contributed by atoms with van der Waals surface area (Å²) < 4.78 is 26.4. The minimum absolute atomic E-state index is 0.0101. The summed E-state index contributed by atoms with van der Waals surface area (Å²) in [6.07, 6.45) is 2.81. The number of benzene rings is 1. The lowest BCUT2D eigenvalue weighted by Crippen LogP contribution is -2.36. The Labute approximate surface area is 109 Å². The van der Waals surface area contributed by atoms with Gasteiger partial charge in [-0.1, -0.05) is 25.1 Å². The number of hydrogen-bond acceptors (Lipinski definition) is 3. The minimum Gasteiger partial charge on any atom is -0.398 e. The topological polar surface area (TPSA) is 63.4 Å². The van der Waals surface area contributed by atoms with Gasteiger partial charge in [0.05, 0.1) is 5.75 Å². The zero-order valence-corrected chi connectivity index (χ0v) is 11.5. The number of para-hydroxylation sites is 1. The van der Waals surface area contributed by atoms with Gasteiger partial charge in [-0.3, -0.25) is 0 Å². The number of rotatable bonds is 4. The highest BCUT2D eigenvalue weighted by Crippen LogP contribution is 2.26. The summed E-state index contributed by atoms with van der Waals surface area (Å²) in [7, 11) is -3.24. The molecule has 18 heavy (non-hydrogen) atoms. The van der Waals surface area contributed by atoms with Crippen LogP contribution in [0.4, 0.5) is 5.69 Å².